The molecule has 0 fully saturated rings. The Kier molecular flexibility index (Phi) is 8.53. The minimum atomic E-state index is -4.46. The van der Waals surface area contributed by atoms with Gasteiger partial charge in [0.15, 0.2) is 5.69 Å². The van der Waals surface area contributed by atoms with Crippen LogP contribution >= 0.6 is 63.7 Å². The molecule has 0 aliphatic heterocycles. The van der Waals surface area contributed by atoms with Crippen molar-refractivity contribution < 1.29 is 26.3 Å². The predicted molar refractivity (Wildman–Crippen MR) is 124 cm³/mol. The van der Waals surface area contributed by atoms with Gasteiger partial charge in [0.1, 0.15) is 11.9 Å². The fourth-order valence-electron chi connectivity index (χ4n) is 2.31. The molecule has 0 unspecified atom stereocenters. The fourth-order valence-corrected chi connectivity index (χ4v) is 5.02. The molecule has 0 atom stereocenters. The van der Waals surface area contributed by atoms with Crippen molar-refractivity contribution >= 4 is 75.2 Å². The number of hydrogen-bond acceptors (Lipinski definition) is 4. The first kappa shape index (κ1) is 27.5. The van der Waals surface area contributed by atoms with E-state index in [2.05, 4.69) is 68.8 Å². The number of aromatic nitrogens is 2. The number of rotatable bonds is 1. The smallest absolute Gasteiger partial charge is 0.397 e. The number of halogens is 10. The van der Waals surface area contributed by atoms with Gasteiger partial charge in [-0.3, -0.25) is 0 Å². The monoisotopic (exact) mass is 725 g/mol. The Hall–Kier alpha value is -1.76. The maximum Gasteiger partial charge on any atom is 0.416 e. The molecule has 0 saturated carbocycles. The highest BCUT2D eigenvalue weighted by molar-refractivity contribution is 9.11. The summed E-state index contributed by atoms with van der Waals surface area (Å²) in [5.41, 5.74) is 10.2. The van der Waals surface area contributed by atoms with Crippen LogP contribution in [0, 0.1) is 11.3 Å². The zero-order valence-corrected chi connectivity index (χ0v) is 22.0. The SMILES string of the molecule is N#Cc1cc(N)n(-c2c(Br)cc(C(F)(F)F)cc2Br)n1.Nc1c(Br)cc(C(F)(F)F)cc1Br. The van der Waals surface area contributed by atoms with Gasteiger partial charge in [0, 0.05) is 24.0 Å². The predicted octanol–water partition coefficient (Wildman–Crippen LogP) is 7.68. The molecule has 2 aromatic carbocycles. The van der Waals surface area contributed by atoms with Crippen molar-refractivity contribution in [3.63, 3.8) is 0 Å². The maximum atomic E-state index is 12.7. The molecule has 0 saturated heterocycles. The van der Waals surface area contributed by atoms with Gasteiger partial charge in [-0.05, 0) is 88.0 Å². The maximum absolute atomic E-state index is 12.7. The lowest BCUT2D eigenvalue weighted by molar-refractivity contribution is -0.138. The van der Waals surface area contributed by atoms with Crippen LogP contribution in [0.2, 0.25) is 0 Å². The molecule has 1 heterocycles. The summed E-state index contributed by atoms with van der Waals surface area (Å²) in [7, 11) is 0. The number of nitrogens with two attached hydrogens (primary N) is 2. The number of alkyl halides is 6. The summed E-state index contributed by atoms with van der Waals surface area (Å²) in [6, 6.07) is 6.88. The second-order valence-electron chi connectivity index (χ2n) is 6.12. The number of nitrogen functional groups attached to an aromatic ring is 2. The first-order valence-electron chi connectivity index (χ1n) is 8.20. The minimum absolute atomic E-state index is 0.0706. The summed E-state index contributed by atoms with van der Waals surface area (Å²) < 4.78 is 76.6. The molecule has 176 valence electrons. The number of nitriles is 1. The summed E-state index contributed by atoms with van der Waals surface area (Å²) in [5.74, 6) is 0.141. The zero-order valence-electron chi connectivity index (χ0n) is 15.7. The number of benzene rings is 2. The van der Waals surface area contributed by atoms with E-state index < -0.39 is 23.5 Å². The summed E-state index contributed by atoms with van der Waals surface area (Å²) in [6.07, 6.45) is -8.81. The number of hydrogen-bond donors (Lipinski definition) is 2. The third-order valence-corrected chi connectivity index (χ3v) is 6.34. The zero-order chi connectivity index (χ0) is 25.3. The second kappa shape index (κ2) is 10.2. The third-order valence-electron chi connectivity index (χ3n) is 3.81. The van der Waals surface area contributed by atoms with Crippen LogP contribution in [0.3, 0.4) is 0 Å². The summed E-state index contributed by atoms with van der Waals surface area (Å²) >= 11 is 12.0. The fraction of sp³-hybridized carbons (Fsp3) is 0.111. The molecule has 0 bridgehead atoms. The molecule has 0 amide bonds. The lowest BCUT2D eigenvalue weighted by Gasteiger charge is -2.13. The third kappa shape index (κ3) is 6.65. The van der Waals surface area contributed by atoms with Crippen molar-refractivity contribution in [3.05, 3.63) is 65.0 Å². The van der Waals surface area contributed by atoms with E-state index in [9.17, 15) is 26.3 Å². The van der Waals surface area contributed by atoms with E-state index in [1.165, 1.54) is 10.7 Å². The van der Waals surface area contributed by atoms with Gasteiger partial charge >= 0.3 is 12.4 Å². The largest absolute Gasteiger partial charge is 0.416 e. The van der Waals surface area contributed by atoms with Crippen molar-refractivity contribution in [2.75, 3.05) is 11.5 Å². The molecular formula is C18H9Br4F6N5. The molecule has 33 heavy (non-hydrogen) atoms. The van der Waals surface area contributed by atoms with Crippen molar-refractivity contribution in [1.82, 2.24) is 9.78 Å². The van der Waals surface area contributed by atoms with Crippen LogP contribution in [0.5, 0.6) is 0 Å². The van der Waals surface area contributed by atoms with Crippen molar-refractivity contribution in [2.24, 2.45) is 0 Å². The second-order valence-corrected chi connectivity index (χ2v) is 9.53. The first-order valence-corrected chi connectivity index (χ1v) is 11.4. The lowest BCUT2D eigenvalue weighted by atomic mass is 10.2. The van der Waals surface area contributed by atoms with Gasteiger partial charge in [0.05, 0.1) is 22.5 Å². The van der Waals surface area contributed by atoms with E-state index in [0.717, 1.165) is 24.3 Å². The van der Waals surface area contributed by atoms with Gasteiger partial charge < -0.3 is 11.5 Å². The number of nitrogens with zero attached hydrogens (tertiary/aromatic N) is 3. The van der Waals surface area contributed by atoms with Crippen LogP contribution in [0.4, 0.5) is 37.8 Å². The number of anilines is 2. The molecule has 3 rings (SSSR count). The van der Waals surface area contributed by atoms with E-state index in [-0.39, 0.29) is 40.8 Å². The quantitative estimate of drug-likeness (QED) is 0.199. The summed E-state index contributed by atoms with van der Waals surface area (Å²) in [5, 5.41) is 12.7. The van der Waals surface area contributed by atoms with E-state index >= 15 is 0 Å². The van der Waals surface area contributed by atoms with Crippen LogP contribution < -0.4 is 11.5 Å². The van der Waals surface area contributed by atoms with E-state index in [4.69, 9.17) is 16.7 Å². The first-order chi connectivity index (χ1) is 15.1. The van der Waals surface area contributed by atoms with Crippen LogP contribution in [0.1, 0.15) is 16.8 Å². The Balaban J connectivity index is 0.000000257. The van der Waals surface area contributed by atoms with Gasteiger partial charge in [0.2, 0.25) is 0 Å². The highest BCUT2D eigenvalue weighted by atomic mass is 79.9. The molecule has 0 radical (unpaired) electrons. The molecule has 0 aliphatic carbocycles. The van der Waals surface area contributed by atoms with Gasteiger partial charge in [-0.25, -0.2) is 4.68 Å². The van der Waals surface area contributed by atoms with Gasteiger partial charge in [-0.1, -0.05) is 0 Å². The van der Waals surface area contributed by atoms with Crippen molar-refractivity contribution in [1.29, 1.82) is 5.26 Å². The Morgan fingerprint density at radius 3 is 1.48 bits per heavy atom. The van der Waals surface area contributed by atoms with Crippen LogP contribution in [0.25, 0.3) is 5.69 Å². The highest BCUT2D eigenvalue weighted by Crippen LogP contribution is 2.39. The molecule has 0 spiro atoms. The topological polar surface area (TPSA) is 93.6 Å². The standard InChI is InChI=1S/C11H5Br2F3N4.C7H4Br2F3N/c12-7-1-5(11(14,15)16)2-8(13)10(7)20-9(18)3-6(4-17)19-20;8-4-1-3(7(10,11)12)2-5(9)6(4)13/h1-3H,18H2;1-2H,13H2. The highest BCUT2D eigenvalue weighted by Gasteiger charge is 2.33. The molecule has 1 aromatic heterocycles. The Labute approximate surface area is 216 Å². The van der Waals surface area contributed by atoms with Gasteiger partial charge in [0.25, 0.3) is 0 Å². The molecule has 0 aliphatic rings. The Morgan fingerprint density at radius 1 is 0.758 bits per heavy atom. The summed E-state index contributed by atoms with van der Waals surface area (Å²) in [4.78, 5) is 0. The van der Waals surface area contributed by atoms with Crippen LogP contribution in [-0.4, -0.2) is 9.78 Å². The molecule has 4 N–H and O–H groups in total. The van der Waals surface area contributed by atoms with E-state index in [1.807, 2.05) is 6.07 Å². The van der Waals surface area contributed by atoms with Crippen LogP contribution in [-0.2, 0) is 12.4 Å². The van der Waals surface area contributed by atoms with E-state index in [1.54, 1.807) is 0 Å². The average molecular weight is 729 g/mol. The van der Waals surface area contributed by atoms with Crippen molar-refractivity contribution in [2.45, 2.75) is 12.4 Å². The molecule has 5 nitrogen and oxygen atoms in total. The molecule has 3 aromatic rings. The van der Waals surface area contributed by atoms with Gasteiger partial charge in [-0.2, -0.15) is 36.7 Å². The average Bonchev–Trinajstić information content (AvgIpc) is 3.04. The lowest BCUT2D eigenvalue weighted by Crippen LogP contribution is -2.08. The Bertz CT molecular complexity index is 1180. The molecular weight excluding hydrogens is 720 g/mol. The Morgan fingerprint density at radius 2 is 1.15 bits per heavy atom. The molecule has 15 heteroatoms. The normalized spacial score (nSPS) is 11.5. The van der Waals surface area contributed by atoms with Gasteiger partial charge in [-0.15, -0.1) is 0 Å². The minimum Gasteiger partial charge on any atom is -0.397 e. The van der Waals surface area contributed by atoms with Crippen LogP contribution in [0.15, 0.2) is 48.2 Å². The van der Waals surface area contributed by atoms with E-state index in [0.29, 0.717) is 0 Å². The van der Waals surface area contributed by atoms with Crippen molar-refractivity contribution in [3.8, 4) is 11.8 Å². The summed E-state index contributed by atoms with van der Waals surface area (Å²) in [6.45, 7) is 0.